The van der Waals surface area contributed by atoms with Crippen molar-refractivity contribution in [1.82, 2.24) is 9.29 Å². The summed E-state index contributed by atoms with van der Waals surface area (Å²) in [6, 6.07) is 15.4. The summed E-state index contributed by atoms with van der Waals surface area (Å²) in [5, 5.41) is 0. The summed E-state index contributed by atoms with van der Waals surface area (Å²) < 4.78 is 38.3. The van der Waals surface area contributed by atoms with Gasteiger partial charge in [0, 0.05) is 6.20 Å². The molecule has 0 radical (unpaired) electrons. The summed E-state index contributed by atoms with van der Waals surface area (Å²) in [6.45, 7) is 0.228. The molecule has 0 aliphatic carbocycles. The Morgan fingerprint density at radius 2 is 1.84 bits per heavy atom. The number of furan rings is 1. The lowest BCUT2D eigenvalue weighted by atomic mass is 10.3. The fraction of sp³-hybridized carbons (Fsp3) is 0.167. The molecule has 0 saturated heterocycles. The maximum atomic E-state index is 13.2. The van der Waals surface area contributed by atoms with Crippen LogP contribution >= 0.6 is 0 Å². The molecule has 2 heterocycles. The third-order valence-corrected chi connectivity index (χ3v) is 5.49. The number of pyridine rings is 1. The van der Waals surface area contributed by atoms with Gasteiger partial charge in [-0.1, -0.05) is 18.2 Å². The highest BCUT2D eigenvalue weighted by Gasteiger charge is 2.28. The normalized spacial score (nSPS) is 11.6. The quantitative estimate of drug-likeness (QED) is 0.649. The first-order valence-corrected chi connectivity index (χ1v) is 9.11. The SMILES string of the molecule is COc1ccccc1S(=O)(=O)N(Cc1ccccn1)Cc1ccco1. The number of sulfonamides is 1. The molecule has 6 nitrogen and oxygen atoms in total. The van der Waals surface area contributed by atoms with Gasteiger partial charge in [-0.15, -0.1) is 0 Å². The van der Waals surface area contributed by atoms with Gasteiger partial charge in [-0.05, 0) is 36.4 Å². The van der Waals surface area contributed by atoms with Crippen LogP contribution in [0.3, 0.4) is 0 Å². The number of nitrogens with zero attached hydrogens (tertiary/aromatic N) is 2. The predicted molar refractivity (Wildman–Crippen MR) is 92.4 cm³/mol. The number of rotatable bonds is 7. The van der Waals surface area contributed by atoms with Crippen LogP contribution in [0.15, 0.2) is 76.4 Å². The van der Waals surface area contributed by atoms with E-state index in [4.69, 9.17) is 9.15 Å². The van der Waals surface area contributed by atoms with Gasteiger partial charge in [-0.3, -0.25) is 4.98 Å². The van der Waals surface area contributed by atoms with E-state index in [1.54, 1.807) is 48.7 Å². The second kappa shape index (κ2) is 7.50. The van der Waals surface area contributed by atoms with Crippen LogP contribution in [-0.4, -0.2) is 24.8 Å². The number of aromatic nitrogens is 1. The van der Waals surface area contributed by atoms with Crippen molar-refractivity contribution in [2.24, 2.45) is 0 Å². The lowest BCUT2D eigenvalue weighted by molar-refractivity contribution is 0.351. The van der Waals surface area contributed by atoms with E-state index in [2.05, 4.69) is 4.98 Å². The lowest BCUT2D eigenvalue weighted by Gasteiger charge is -2.22. The average molecular weight is 358 g/mol. The molecule has 0 bridgehead atoms. The number of ether oxygens (including phenoxy) is 1. The van der Waals surface area contributed by atoms with E-state index in [1.165, 1.54) is 23.7 Å². The molecule has 0 atom stereocenters. The minimum Gasteiger partial charge on any atom is -0.495 e. The van der Waals surface area contributed by atoms with E-state index in [0.29, 0.717) is 17.2 Å². The van der Waals surface area contributed by atoms with E-state index in [1.807, 2.05) is 6.07 Å². The molecule has 2 aromatic heterocycles. The van der Waals surface area contributed by atoms with E-state index >= 15 is 0 Å². The molecule has 130 valence electrons. The Morgan fingerprint density at radius 3 is 2.52 bits per heavy atom. The highest BCUT2D eigenvalue weighted by molar-refractivity contribution is 7.89. The first-order chi connectivity index (χ1) is 12.1. The van der Waals surface area contributed by atoms with Crippen LogP contribution < -0.4 is 4.74 Å². The fourth-order valence-corrected chi connectivity index (χ4v) is 3.98. The molecule has 7 heteroatoms. The number of hydrogen-bond donors (Lipinski definition) is 0. The summed E-state index contributed by atoms with van der Waals surface area (Å²) in [5.74, 6) is 0.849. The summed E-state index contributed by atoms with van der Waals surface area (Å²) in [4.78, 5) is 4.34. The van der Waals surface area contributed by atoms with Crippen molar-refractivity contribution in [3.8, 4) is 5.75 Å². The van der Waals surface area contributed by atoms with E-state index < -0.39 is 10.0 Å². The van der Waals surface area contributed by atoms with Gasteiger partial charge in [-0.2, -0.15) is 4.31 Å². The third-order valence-electron chi connectivity index (χ3n) is 3.66. The molecule has 0 aliphatic rings. The molecule has 0 aliphatic heterocycles. The Morgan fingerprint density at radius 1 is 1.04 bits per heavy atom. The molecule has 0 fully saturated rings. The Kier molecular flexibility index (Phi) is 5.16. The molecule has 0 saturated carbocycles. The Balaban J connectivity index is 2.00. The molecule has 0 amide bonds. The fourth-order valence-electron chi connectivity index (χ4n) is 2.45. The average Bonchev–Trinajstić information content (AvgIpc) is 3.15. The van der Waals surface area contributed by atoms with E-state index in [0.717, 1.165) is 0 Å². The van der Waals surface area contributed by atoms with Gasteiger partial charge in [0.25, 0.3) is 0 Å². The maximum Gasteiger partial charge on any atom is 0.247 e. The van der Waals surface area contributed by atoms with Crippen molar-refractivity contribution in [3.05, 3.63) is 78.5 Å². The van der Waals surface area contributed by atoms with Gasteiger partial charge in [0.05, 0.1) is 32.2 Å². The predicted octanol–water partition coefficient (Wildman–Crippen LogP) is 3.07. The van der Waals surface area contributed by atoms with E-state index in [-0.39, 0.29) is 18.0 Å². The molecule has 0 N–H and O–H groups in total. The Bertz CT molecular complexity index is 909. The zero-order chi connectivity index (χ0) is 17.7. The standard InChI is InChI=1S/C18H18N2O4S/c1-23-17-9-2-3-10-18(17)25(21,22)20(14-16-8-6-12-24-16)13-15-7-4-5-11-19-15/h2-12H,13-14H2,1H3. The largest absolute Gasteiger partial charge is 0.495 e. The summed E-state index contributed by atoms with van der Waals surface area (Å²) in [5.41, 5.74) is 0.646. The first-order valence-electron chi connectivity index (χ1n) is 7.66. The van der Waals surface area contributed by atoms with Gasteiger partial charge >= 0.3 is 0 Å². The van der Waals surface area contributed by atoms with Crippen molar-refractivity contribution < 1.29 is 17.6 Å². The van der Waals surface area contributed by atoms with Crippen molar-refractivity contribution in [1.29, 1.82) is 0 Å². The summed E-state index contributed by atoms with van der Waals surface area (Å²) in [6.07, 6.45) is 3.15. The highest BCUT2D eigenvalue weighted by Crippen LogP contribution is 2.28. The summed E-state index contributed by atoms with van der Waals surface area (Å²) in [7, 11) is -2.36. The van der Waals surface area contributed by atoms with Gasteiger partial charge in [0.1, 0.15) is 16.4 Å². The Labute approximate surface area is 146 Å². The molecular weight excluding hydrogens is 340 g/mol. The Hall–Kier alpha value is -2.64. The number of methoxy groups -OCH3 is 1. The second-order valence-corrected chi connectivity index (χ2v) is 7.23. The highest BCUT2D eigenvalue weighted by atomic mass is 32.2. The van der Waals surface area contributed by atoms with Crippen LogP contribution in [0, 0.1) is 0 Å². The topological polar surface area (TPSA) is 72.6 Å². The van der Waals surface area contributed by atoms with Crippen LogP contribution in [0.2, 0.25) is 0 Å². The van der Waals surface area contributed by atoms with Crippen LogP contribution in [0.4, 0.5) is 0 Å². The maximum absolute atomic E-state index is 13.2. The van der Waals surface area contributed by atoms with Crippen LogP contribution in [-0.2, 0) is 23.1 Å². The summed E-state index contributed by atoms with van der Waals surface area (Å²) >= 11 is 0. The van der Waals surface area contributed by atoms with Gasteiger partial charge in [-0.25, -0.2) is 8.42 Å². The molecule has 0 unspecified atom stereocenters. The van der Waals surface area contributed by atoms with Gasteiger partial charge in [0.15, 0.2) is 0 Å². The zero-order valence-corrected chi connectivity index (χ0v) is 14.5. The number of para-hydroxylation sites is 1. The van der Waals surface area contributed by atoms with Crippen LogP contribution in [0.25, 0.3) is 0 Å². The zero-order valence-electron chi connectivity index (χ0n) is 13.7. The molecule has 0 spiro atoms. The lowest BCUT2D eigenvalue weighted by Crippen LogP contribution is -2.30. The molecule has 25 heavy (non-hydrogen) atoms. The van der Waals surface area contributed by atoms with Gasteiger partial charge < -0.3 is 9.15 Å². The van der Waals surface area contributed by atoms with Crippen LogP contribution in [0.1, 0.15) is 11.5 Å². The monoisotopic (exact) mass is 358 g/mol. The van der Waals surface area contributed by atoms with E-state index in [9.17, 15) is 8.42 Å². The molecule has 3 aromatic rings. The third kappa shape index (κ3) is 3.89. The van der Waals surface area contributed by atoms with Crippen molar-refractivity contribution in [3.63, 3.8) is 0 Å². The van der Waals surface area contributed by atoms with Gasteiger partial charge in [0.2, 0.25) is 10.0 Å². The van der Waals surface area contributed by atoms with Crippen molar-refractivity contribution in [2.45, 2.75) is 18.0 Å². The second-order valence-electron chi connectivity index (χ2n) is 5.32. The first kappa shape index (κ1) is 17.2. The van der Waals surface area contributed by atoms with Crippen molar-refractivity contribution in [2.75, 3.05) is 7.11 Å². The number of hydrogen-bond acceptors (Lipinski definition) is 5. The minimum absolute atomic E-state index is 0.101. The number of benzene rings is 1. The smallest absolute Gasteiger partial charge is 0.247 e. The molecule has 3 rings (SSSR count). The molecular formula is C18H18N2O4S. The van der Waals surface area contributed by atoms with Crippen molar-refractivity contribution >= 4 is 10.0 Å². The minimum atomic E-state index is -3.81. The van der Waals surface area contributed by atoms with Crippen LogP contribution in [0.5, 0.6) is 5.75 Å². The molecule has 1 aromatic carbocycles.